The second-order valence-electron chi connectivity index (χ2n) is 10.9. The number of alkyl halides is 3. The van der Waals surface area contributed by atoms with E-state index in [4.69, 9.17) is 5.73 Å². The third-order valence-corrected chi connectivity index (χ3v) is 7.40. The maximum absolute atomic E-state index is 13.6. The molecule has 2 N–H and O–H groups in total. The molecule has 2 aromatic rings. The van der Waals surface area contributed by atoms with Gasteiger partial charge in [-0.05, 0) is 63.1 Å². The Balaban J connectivity index is 1.47. The summed E-state index contributed by atoms with van der Waals surface area (Å²) in [5.41, 5.74) is 8.02. The van der Waals surface area contributed by atoms with Crippen LogP contribution in [0.15, 0.2) is 30.6 Å². The van der Waals surface area contributed by atoms with E-state index >= 15 is 0 Å². The molecule has 1 amide bonds. The molecule has 1 aliphatic carbocycles. The van der Waals surface area contributed by atoms with Crippen LogP contribution >= 0.6 is 0 Å². The van der Waals surface area contributed by atoms with Gasteiger partial charge in [-0.1, -0.05) is 25.5 Å². The first-order valence-electron chi connectivity index (χ1n) is 12.8. The smallest absolute Gasteiger partial charge is 0.353 e. The van der Waals surface area contributed by atoms with Crippen molar-refractivity contribution in [3.05, 3.63) is 53.0 Å². The van der Waals surface area contributed by atoms with E-state index < -0.39 is 17.7 Å². The van der Waals surface area contributed by atoms with Gasteiger partial charge in [-0.25, -0.2) is 9.97 Å². The number of hydrogen-bond acceptors (Lipinski definition) is 5. The Bertz CT molecular complexity index is 1060. The number of aromatic nitrogens is 2. The van der Waals surface area contributed by atoms with Crippen LogP contribution in [0.25, 0.3) is 0 Å². The molecule has 0 bridgehead atoms. The third-order valence-electron chi connectivity index (χ3n) is 7.40. The number of nitrogens with zero attached hydrogens (tertiary/aromatic N) is 4. The van der Waals surface area contributed by atoms with Crippen molar-refractivity contribution in [3.63, 3.8) is 0 Å². The predicted octanol–water partition coefficient (Wildman–Crippen LogP) is 4.89. The van der Waals surface area contributed by atoms with Crippen LogP contribution < -0.4 is 10.6 Å². The van der Waals surface area contributed by atoms with Gasteiger partial charge < -0.3 is 15.5 Å². The van der Waals surface area contributed by atoms with Gasteiger partial charge in [-0.15, -0.1) is 0 Å². The standard InChI is InChI=1S/C27H36F3N5O/c1-18-6-11-22-23(18)24(33-17-32-22)34-13-15-35(16-14-34)25(36)21(5-4-12-26(2,3)31)19-7-9-20(10-8-19)27(28,29)30/h7-10,17-18,21H,4-6,11-16,31H2,1-3H3. The first kappa shape index (κ1) is 26.4. The first-order chi connectivity index (χ1) is 16.9. The fourth-order valence-corrected chi connectivity index (χ4v) is 5.33. The van der Waals surface area contributed by atoms with Gasteiger partial charge >= 0.3 is 6.18 Å². The van der Waals surface area contributed by atoms with Crippen LogP contribution in [0.5, 0.6) is 0 Å². The second kappa shape index (κ2) is 10.4. The predicted molar refractivity (Wildman–Crippen MR) is 134 cm³/mol. The van der Waals surface area contributed by atoms with Crippen molar-refractivity contribution in [1.82, 2.24) is 14.9 Å². The summed E-state index contributed by atoms with van der Waals surface area (Å²) in [6, 6.07) is 5.02. The minimum absolute atomic E-state index is 0.0366. The van der Waals surface area contributed by atoms with Gasteiger partial charge in [0.15, 0.2) is 0 Å². The van der Waals surface area contributed by atoms with E-state index in [1.807, 2.05) is 18.7 Å². The lowest BCUT2D eigenvalue weighted by Crippen LogP contribution is -2.50. The number of rotatable bonds is 7. The molecule has 0 spiro atoms. The lowest BCUT2D eigenvalue weighted by Gasteiger charge is -2.38. The van der Waals surface area contributed by atoms with Gasteiger partial charge in [0, 0.05) is 43.0 Å². The highest BCUT2D eigenvalue weighted by Crippen LogP contribution is 2.37. The zero-order valence-corrected chi connectivity index (χ0v) is 21.3. The average Bonchev–Trinajstić information content (AvgIpc) is 3.21. The molecule has 2 unspecified atom stereocenters. The summed E-state index contributed by atoms with van der Waals surface area (Å²) in [4.78, 5) is 26.8. The quantitative estimate of drug-likeness (QED) is 0.583. The molecular formula is C27H36F3N5O. The van der Waals surface area contributed by atoms with Gasteiger partial charge in [0.2, 0.25) is 5.91 Å². The van der Waals surface area contributed by atoms with E-state index in [9.17, 15) is 18.0 Å². The average molecular weight is 504 g/mol. The molecular weight excluding hydrogens is 467 g/mol. The Morgan fingerprint density at radius 2 is 1.78 bits per heavy atom. The Morgan fingerprint density at radius 3 is 2.39 bits per heavy atom. The molecule has 1 fully saturated rings. The molecule has 2 aliphatic rings. The van der Waals surface area contributed by atoms with E-state index in [1.165, 1.54) is 17.7 Å². The molecule has 1 saturated heterocycles. The first-order valence-corrected chi connectivity index (χ1v) is 12.8. The van der Waals surface area contributed by atoms with Crippen molar-refractivity contribution in [2.24, 2.45) is 5.73 Å². The number of aryl methyl sites for hydroxylation is 1. The highest BCUT2D eigenvalue weighted by molar-refractivity contribution is 5.84. The molecule has 1 aromatic heterocycles. The Kier molecular flexibility index (Phi) is 7.59. The molecule has 2 atom stereocenters. The number of hydrogen-bond donors (Lipinski definition) is 1. The molecule has 0 saturated carbocycles. The number of carbonyl (C=O) groups is 1. The summed E-state index contributed by atoms with van der Waals surface area (Å²) < 4.78 is 39.3. The summed E-state index contributed by atoms with van der Waals surface area (Å²) in [5.74, 6) is 0.864. The van der Waals surface area contributed by atoms with Crippen molar-refractivity contribution in [3.8, 4) is 0 Å². The number of halogens is 3. The van der Waals surface area contributed by atoms with Crippen molar-refractivity contribution in [2.75, 3.05) is 31.1 Å². The van der Waals surface area contributed by atoms with Crippen LogP contribution in [-0.4, -0.2) is 52.5 Å². The molecule has 1 aromatic carbocycles. The minimum atomic E-state index is -4.41. The number of amides is 1. The van der Waals surface area contributed by atoms with Crippen LogP contribution in [0, 0.1) is 0 Å². The summed E-state index contributed by atoms with van der Waals surface area (Å²) in [5, 5.41) is 0. The largest absolute Gasteiger partial charge is 0.416 e. The van der Waals surface area contributed by atoms with E-state index in [1.54, 1.807) is 6.33 Å². The van der Waals surface area contributed by atoms with Gasteiger partial charge in [-0.3, -0.25) is 4.79 Å². The summed E-state index contributed by atoms with van der Waals surface area (Å²) in [7, 11) is 0. The fourth-order valence-electron chi connectivity index (χ4n) is 5.33. The second-order valence-corrected chi connectivity index (χ2v) is 10.9. The number of anilines is 1. The molecule has 2 heterocycles. The molecule has 36 heavy (non-hydrogen) atoms. The topological polar surface area (TPSA) is 75.4 Å². The normalized spacial score (nSPS) is 19.4. The Morgan fingerprint density at radius 1 is 1.11 bits per heavy atom. The zero-order valence-electron chi connectivity index (χ0n) is 21.3. The highest BCUT2D eigenvalue weighted by Gasteiger charge is 2.34. The summed E-state index contributed by atoms with van der Waals surface area (Å²) in [6.45, 7) is 8.50. The van der Waals surface area contributed by atoms with E-state index in [2.05, 4.69) is 21.8 Å². The van der Waals surface area contributed by atoms with E-state index in [0.29, 0.717) is 50.5 Å². The van der Waals surface area contributed by atoms with Crippen molar-refractivity contribution < 1.29 is 18.0 Å². The molecule has 9 heteroatoms. The highest BCUT2D eigenvalue weighted by atomic mass is 19.4. The third kappa shape index (κ3) is 5.99. The van der Waals surface area contributed by atoms with E-state index in [-0.39, 0.29) is 11.4 Å². The number of carbonyl (C=O) groups excluding carboxylic acids is 1. The Hall–Kier alpha value is -2.68. The van der Waals surface area contributed by atoms with Crippen molar-refractivity contribution >= 4 is 11.7 Å². The van der Waals surface area contributed by atoms with Gasteiger partial charge in [0.05, 0.1) is 11.5 Å². The lowest BCUT2D eigenvalue weighted by atomic mass is 9.88. The lowest BCUT2D eigenvalue weighted by molar-refractivity contribution is -0.137. The number of fused-ring (bicyclic) bond motifs is 1. The number of piperazine rings is 1. The zero-order chi connectivity index (χ0) is 26.1. The van der Waals surface area contributed by atoms with E-state index in [0.717, 1.165) is 42.9 Å². The molecule has 0 radical (unpaired) electrons. The molecule has 4 rings (SSSR count). The Labute approximate surface area is 211 Å². The SMILES string of the molecule is CC1CCc2ncnc(N3CCN(C(=O)C(CCCC(C)(C)N)c4ccc(C(F)(F)F)cc4)CC3)c21. The molecule has 196 valence electrons. The van der Waals surface area contributed by atoms with Crippen LogP contribution in [0.2, 0.25) is 0 Å². The van der Waals surface area contributed by atoms with Gasteiger partial charge in [-0.2, -0.15) is 13.2 Å². The van der Waals surface area contributed by atoms with Gasteiger partial charge in [0.25, 0.3) is 0 Å². The monoisotopic (exact) mass is 503 g/mol. The minimum Gasteiger partial charge on any atom is -0.353 e. The van der Waals surface area contributed by atoms with Crippen molar-refractivity contribution in [2.45, 2.75) is 76.4 Å². The fraction of sp³-hybridized carbons (Fsp3) is 0.593. The van der Waals surface area contributed by atoms with Crippen LogP contribution in [0.4, 0.5) is 19.0 Å². The van der Waals surface area contributed by atoms with Crippen LogP contribution in [0.1, 0.15) is 80.7 Å². The van der Waals surface area contributed by atoms with Crippen LogP contribution in [-0.2, 0) is 17.4 Å². The molecule has 6 nitrogen and oxygen atoms in total. The van der Waals surface area contributed by atoms with Crippen LogP contribution in [0.3, 0.4) is 0 Å². The summed E-state index contributed by atoms with van der Waals surface area (Å²) >= 11 is 0. The maximum atomic E-state index is 13.6. The van der Waals surface area contributed by atoms with Crippen molar-refractivity contribution in [1.29, 1.82) is 0 Å². The number of benzene rings is 1. The number of nitrogens with two attached hydrogens (primary N) is 1. The molecule has 1 aliphatic heterocycles. The van der Waals surface area contributed by atoms with Gasteiger partial charge in [0.1, 0.15) is 12.1 Å². The summed E-state index contributed by atoms with van der Waals surface area (Å²) in [6.07, 6.45) is 1.25. The maximum Gasteiger partial charge on any atom is 0.416 e.